The van der Waals surface area contributed by atoms with E-state index in [1.165, 1.54) is 16.7 Å². The molecule has 0 aliphatic carbocycles. The van der Waals surface area contributed by atoms with E-state index in [1.54, 1.807) is 19.2 Å². The summed E-state index contributed by atoms with van der Waals surface area (Å²) in [5.41, 5.74) is 6.41. The zero-order valence-electron chi connectivity index (χ0n) is 26.7. The highest BCUT2D eigenvalue weighted by atomic mass is 16.5. The van der Waals surface area contributed by atoms with Gasteiger partial charge in [-0.15, -0.1) is 0 Å². The lowest BCUT2D eigenvalue weighted by molar-refractivity contribution is 0.0699. The number of nitrogens with zero attached hydrogens (tertiary/aromatic N) is 4. The van der Waals surface area contributed by atoms with E-state index < -0.39 is 5.54 Å². The Hall–Kier alpha value is -4.92. The lowest BCUT2D eigenvalue weighted by Crippen LogP contribution is -2.45. The fourth-order valence-electron chi connectivity index (χ4n) is 6.82. The molecule has 4 heterocycles. The summed E-state index contributed by atoms with van der Waals surface area (Å²) in [7, 11) is 1.57. The van der Waals surface area contributed by atoms with Crippen LogP contribution >= 0.6 is 0 Å². The highest BCUT2D eigenvalue weighted by molar-refractivity contribution is 6.05. The van der Waals surface area contributed by atoms with Crippen LogP contribution in [0, 0.1) is 6.92 Å². The van der Waals surface area contributed by atoms with Crippen molar-refractivity contribution in [1.29, 1.82) is 0 Å². The number of carbonyl (C=O) groups excluding carboxylic acids is 2. The number of aliphatic imine (C=N–C) groups is 2. The summed E-state index contributed by atoms with van der Waals surface area (Å²) < 4.78 is 17.9. The second-order valence-electron chi connectivity index (χ2n) is 12.6. The van der Waals surface area contributed by atoms with Crippen molar-refractivity contribution in [3.8, 4) is 17.2 Å². The fourth-order valence-corrected chi connectivity index (χ4v) is 6.82. The van der Waals surface area contributed by atoms with Gasteiger partial charge in [0.1, 0.15) is 5.75 Å². The molecule has 3 aromatic carbocycles. The molecule has 9 heteroatoms. The molecule has 4 aliphatic rings. The molecule has 9 nitrogen and oxygen atoms in total. The van der Waals surface area contributed by atoms with Gasteiger partial charge >= 0.3 is 0 Å². The number of rotatable bonds is 7. The third-order valence-corrected chi connectivity index (χ3v) is 9.47. The molecule has 0 aromatic heterocycles. The van der Waals surface area contributed by atoms with Gasteiger partial charge in [0, 0.05) is 44.1 Å². The van der Waals surface area contributed by atoms with Gasteiger partial charge in [0.25, 0.3) is 11.8 Å². The number of methoxy groups -OCH3 is 1. The number of amides is 2. The van der Waals surface area contributed by atoms with E-state index in [2.05, 4.69) is 25.1 Å². The van der Waals surface area contributed by atoms with Gasteiger partial charge in [0.05, 0.1) is 54.4 Å². The van der Waals surface area contributed by atoms with Crippen LogP contribution in [-0.4, -0.2) is 72.5 Å². The van der Waals surface area contributed by atoms with E-state index in [1.807, 2.05) is 60.3 Å². The summed E-state index contributed by atoms with van der Waals surface area (Å²) >= 11 is 0. The Labute approximate surface area is 269 Å². The van der Waals surface area contributed by atoms with Crippen molar-refractivity contribution in [1.82, 2.24) is 9.80 Å². The standard InChI is InChI=1S/C37H38N4O5/c1-5-24-18-37(3)22-39-31-16-32(23(2)13-28(31)36(43)41(37)20-24)45-11-8-12-46-34-17-30-29(15-33(34)44-4)35(42)40-21-26-10-7-6-9-25(26)14-27(40)19-38-30/h5-7,9-10,13,15-17,19,22,27H,8,11-12,14,18,20-21H2,1-4H3/b24-5-/t27?,37-/m0/s1. The lowest BCUT2D eigenvalue weighted by Gasteiger charge is -2.34. The van der Waals surface area contributed by atoms with E-state index in [4.69, 9.17) is 24.2 Å². The number of fused-ring (bicyclic) bond motifs is 5. The Kier molecular flexibility index (Phi) is 7.63. The van der Waals surface area contributed by atoms with Gasteiger partial charge < -0.3 is 24.0 Å². The average Bonchev–Trinajstić information content (AvgIpc) is 3.30. The number of allylic oxidation sites excluding steroid dienone is 1. The van der Waals surface area contributed by atoms with Gasteiger partial charge in [-0.05, 0) is 62.4 Å². The van der Waals surface area contributed by atoms with Crippen LogP contribution in [0.2, 0.25) is 0 Å². The van der Waals surface area contributed by atoms with Crippen molar-refractivity contribution < 1.29 is 23.8 Å². The number of benzene rings is 3. The minimum atomic E-state index is -0.429. The maximum Gasteiger partial charge on any atom is 0.257 e. The zero-order valence-corrected chi connectivity index (χ0v) is 26.7. The Balaban J connectivity index is 1.01. The zero-order chi connectivity index (χ0) is 32.0. The van der Waals surface area contributed by atoms with Gasteiger partial charge in [-0.1, -0.05) is 35.9 Å². The van der Waals surface area contributed by atoms with Crippen LogP contribution in [0.3, 0.4) is 0 Å². The molecular weight excluding hydrogens is 580 g/mol. The summed E-state index contributed by atoms with van der Waals surface area (Å²) in [6, 6.07) is 15.4. The van der Waals surface area contributed by atoms with Crippen LogP contribution in [-0.2, 0) is 13.0 Å². The number of hydrogen-bond donors (Lipinski definition) is 0. The SMILES string of the molecule is C/C=C1\CN2C(=O)c3cc(C)c(OCCCOc4cc5c(cc4OC)C(=O)N4Cc6ccccc6CC4C=N5)cc3N=C[C@]2(C)C1. The Bertz CT molecular complexity index is 1830. The van der Waals surface area contributed by atoms with E-state index >= 15 is 0 Å². The van der Waals surface area contributed by atoms with E-state index in [0.29, 0.717) is 72.5 Å². The Morgan fingerprint density at radius 2 is 1.63 bits per heavy atom. The molecule has 2 amide bonds. The molecule has 46 heavy (non-hydrogen) atoms. The molecule has 2 atom stereocenters. The first-order valence-corrected chi connectivity index (χ1v) is 15.8. The maximum atomic E-state index is 13.6. The topological polar surface area (TPSA) is 93.0 Å². The molecule has 0 N–H and O–H groups in total. The van der Waals surface area contributed by atoms with E-state index in [9.17, 15) is 9.59 Å². The van der Waals surface area contributed by atoms with Gasteiger partial charge in [0.2, 0.25) is 0 Å². The van der Waals surface area contributed by atoms with Crippen LogP contribution in [0.1, 0.15) is 64.1 Å². The van der Waals surface area contributed by atoms with E-state index in [-0.39, 0.29) is 17.9 Å². The minimum absolute atomic E-state index is 0.00307. The molecule has 0 radical (unpaired) electrons. The second-order valence-corrected chi connectivity index (χ2v) is 12.6. The third kappa shape index (κ3) is 5.23. The van der Waals surface area contributed by atoms with E-state index in [0.717, 1.165) is 18.4 Å². The van der Waals surface area contributed by atoms with Crippen molar-refractivity contribution in [3.63, 3.8) is 0 Å². The number of hydrogen-bond acceptors (Lipinski definition) is 7. The fraction of sp³-hybridized carbons (Fsp3) is 0.351. The first-order chi connectivity index (χ1) is 22.3. The monoisotopic (exact) mass is 618 g/mol. The van der Waals surface area contributed by atoms with Gasteiger partial charge in [-0.2, -0.15) is 0 Å². The lowest BCUT2D eigenvalue weighted by atomic mass is 9.94. The number of ether oxygens (including phenoxy) is 3. The van der Waals surface area contributed by atoms with Crippen molar-refractivity contribution >= 4 is 35.6 Å². The third-order valence-electron chi connectivity index (χ3n) is 9.47. The van der Waals surface area contributed by atoms with Crippen LogP contribution in [0.4, 0.5) is 11.4 Å². The normalized spacial score (nSPS) is 22.0. The first-order valence-electron chi connectivity index (χ1n) is 15.8. The summed E-state index contributed by atoms with van der Waals surface area (Å²) in [5.74, 6) is 1.64. The van der Waals surface area contributed by atoms with Crippen LogP contribution in [0.5, 0.6) is 17.2 Å². The highest BCUT2D eigenvalue weighted by Gasteiger charge is 2.43. The van der Waals surface area contributed by atoms with Crippen molar-refractivity contribution in [2.75, 3.05) is 26.9 Å². The minimum Gasteiger partial charge on any atom is -0.493 e. The molecule has 1 saturated heterocycles. The quantitative estimate of drug-likeness (QED) is 0.226. The predicted octanol–water partition coefficient (Wildman–Crippen LogP) is 6.40. The molecular formula is C37H38N4O5. The summed E-state index contributed by atoms with van der Waals surface area (Å²) in [5, 5.41) is 0. The average molecular weight is 619 g/mol. The Morgan fingerprint density at radius 3 is 2.41 bits per heavy atom. The number of aryl methyl sites for hydroxylation is 1. The Morgan fingerprint density at radius 1 is 0.913 bits per heavy atom. The van der Waals surface area contributed by atoms with Crippen molar-refractivity contribution in [2.24, 2.45) is 9.98 Å². The van der Waals surface area contributed by atoms with Crippen molar-refractivity contribution in [3.05, 3.63) is 88.0 Å². The molecule has 1 fully saturated rings. The smallest absolute Gasteiger partial charge is 0.257 e. The summed E-state index contributed by atoms with van der Waals surface area (Å²) in [6.07, 6.45) is 7.99. The van der Waals surface area contributed by atoms with Crippen LogP contribution < -0.4 is 14.2 Å². The highest BCUT2D eigenvalue weighted by Crippen LogP contribution is 2.40. The molecule has 236 valence electrons. The summed E-state index contributed by atoms with van der Waals surface area (Å²) in [4.78, 5) is 40.4. The second kappa shape index (κ2) is 11.8. The summed E-state index contributed by atoms with van der Waals surface area (Å²) in [6.45, 7) is 7.98. The molecule has 0 bridgehead atoms. The molecule has 3 aromatic rings. The van der Waals surface area contributed by atoms with Gasteiger partial charge in [-0.25, -0.2) is 0 Å². The van der Waals surface area contributed by atoms with Crippen LogP contribution in [0.15, 0.2) is 70.2 Å². The molecule has 4 aliphatic heterocycles. The molecule has 1 unspecified atom stereocenters. The first kappa shape index (κ1) is 29.8. The van der Waals surface area contributed by atoms with Gasteiger partial charge in [-0.3, -0.25) is 19.6 Å². The van der Waals surface area contributed by atoms with Crippen molar-refractivity contribution in [2.45, 2.75) is 58.2 Å². The van der Waals surface area contributed by atoms with Crippen LogP contribution in [0.25, 0.3) is 0 Å². The molecule has 7 rings (SSSR count). The van der Waals surface area contributed by atoms with Gasteiger partial charge in [0.15, 0.2) is 11.5 Å². The maximum absolute atomic E-state index is 13.6. The largest absolute Gasteiger partial charge is 0.493 e. The number of carbonyl (C=O) groups is 2. The molecule has 0 saturated carbocycles. The molecule has 0 spiro atoms. The predicted molar refractivity (Wildman–Crippen MR) is 178 cm³/mol.